The number of aliphatic hydroxyl groups excluding tert-OH is 1. The second-order valence-corrected chi connectivity index (χ2v) is 7.35. The molecule has 1 aliphatic heterocycles. The van der Waals surface area contributed by atoms with Gasteiger partial charge in [-0.1, -0.05) is 50.5 Å². The number of allylic oxidation sites excluding steroid dienone is 2. The maximum Gasteiger partial charge on any atom is 0.305 e. The maximum absolute atomic E-state index is 11.3. The van der Waals surface area contributed by atoms with Crippen LogP contribution in [0.5, 0.6) is 0 Å². The number of methoxy groups -OCH3 is 1. The van der Waals surface area contributed by atoms with Gasteiger partial charge >= 0.3 is 5.97 Å². The molecule has 1 aliphatic rings. The van der Waals surface area contributed by atoms with Crippen molar-refractivity contribution in [1.29, 1.82) is 0 Å². The molecular weight excluding hydrogens is 366 g/mol. The van der Waals surface area contributed by atoms with Crippen molar-refractivity contribution < 1.29 is 19.4 Å². The number of ketones is 1. The highest BCUT2D eigenvalue weighted by atomic mass is 16.5. The summed E-state index contributed by atoms with van der Waals surface area (Å²) in [6, 6.07) is 7.98. The van der Waals surface area contributed by atoms with Gasteiger partial charge in [0.25, 0.3) is 0 Å². The van der Waals surface area contributed by atoms with Crippen LogP contribution < -0.4 is 4.90 Å². The van der Waals surface area contributed by atoms with Crippen molar-refractivity contribution in [3.63, 3.8) is 0 Å². The fourth-order valence-electron chi connectivity index (χ4n) is 3.15. The molecule has 1 unspecified atom stereocenters. The van der Waals surface area contributed by atoms with Gasteiger partial charge in [0, 0.05) is 25.1 Å². The summed E-state index contributed by atoms with van der Waals surface area (Å²) in [5, 5.41) is 10.1. The molecule has 0 spiro atoms. The van der Waals surface area contributed by atoms with Crippen molar-refractivity contribution in [2.75, 3.05) is 25.1 Å². The first-order chi connectivity index (χ1) is 14.0. The smallest absolute Gasteiger partial charge is 0.305 e. The highest BCUT2D eigenvalue weighted by Gasteiger charge is 2.19. The molecular formula is C24H37NO4. The van der Waals surface area contributed by atoms with Crippen LogP contribution in [0.15, 0.2) is 36.4 Å². The Balaban J connectivity index is 0.000000359. The van der Waals surface area contributed by atoms with E-state index in [1.807, 2.05) is 43.3 Å². The minimum atomic E-state index is -0.360. The molecule has 0 aromatic heterocycles. The zero-order valence-corrected chi connectivity index (χ0v) is 18.2. The quantitative estimate of drug-likeness (QED) is 0.339. The number of ether oxygens (including phenoxy) is 1. The van der Waals surface area contributed by atoms with Crippen LogP contribution >= 0.6 is 0 Å². The van der Waals surface area contributed by atoms with E-state index in [4.69, 9.17) is 0 Å². The van der Waals surface area contributed by atoms with E-state index in [-0.39, 0.29) is 12.1 Å². The van der Waals surface area contributed by atoms with Crippen LogP contribution in [0.1, 0.15) is 76.9 Å². The molecule has 5 heteroatoms. The Labute approximate surface area is 175 Å². The predicted molar refractivity (Wildman–Crippen MR) is 118 cm³/mol. The van der Waals surface area contributed by atoms with Gasteiger partial charge in [-0.15, -0.1) is 0 Å². The molecule has 2 rings (SSSR count). The molecule has 1 atom stereocenters. The topological polar surface area (TPSA) is 66.8 Å². The number of Topliss-reactive ketones (excluding diaryl/α,β-unsaturated/α-hetero) is 1. The second kappa shape index (κ2) is 14.8. The van der Waals surface area contributed by atoms with Crippen LogP contribution in [0.4, 0.5) is 5.69 Å². The van der Waals surface area contributed by atoms with Crippen molar-refractivity contribution in [3.8, 4) is 0 Å². The number of hydrogen-bond acceptors (Lipinski definition) is 5. The lowest BCUT2D eigenvalue weighted by Gasteiger charge is -2.18. The average Bonchev–Trinajstić information content (AvgIpc) is 3.18. The highest BCUT2D eigenvalue weighted by Crippen LogP contribution is 2.24. The summed E-state index contributed by atoms with van der Waals surface area (Å²) in [5.41, 5.74) is 2.06. The number of benzene rings is 1. The largest absolute Gasteiger partial charge is 0.469 e. The van der Waals surface area contributed by atoms with Crippen molar-refractivity contribution >= 4 is 17.4 Å². The molecule has 1 N–H and O–H groups in total. The van der Waals surface area contributed by atoms with Crippen molar-refractivity contribution in [2.24, 2.45) is 0 Å². The van der Waals surface area contributed by atoms with Gasteiger partial charge in [0.1, 0.15) is 0 Å². The van der Waals surface area contributed by atoms with Crippen molar-refractivity contribution in [2.45, 2.75) is 71.3 Å². The first kappa shape index (κ1) is 24.9. The third-order valence-electron chi connectivity index (χ3n) is 4.97. The minimum Gasteiger partial charge on any atom is -0.469 e. The Bertz CT molecular complexity index is 624. The molecule has 29 heavy (non-hydrogen) atoms. The van der Waals surface area contributed by atoms with Crippen molar-refractivity contribution in [3.05, 3.63) is 42.0 Å². The number of anilines is 1. The summed E-state index contributed by atoms with van der Waals surface area (Å²) in [6.45, 7) is 5.48. The van der Waals surface area contributed by atoms with Gasteiger partial charge in [0.05, 0.1) is 19.8 Å². The Kier molecular flexibility index (Phi) is 12.7. The SMILES string of the molecule is C/C=C\CCCC(=O)OC.CCCCCC(O)c1ccc(N2CCC(=O)C2)cc1. The summed E-state index contributed by atoms with van der Waals surface area (Å²) in [5.74, 6) is 0.188. The third-order valence-corrected chi connectivity index (χ3v) is 4.97. The summed E-state index contributed by atoms with van der Waals surface area (Å²) < 4.78 is 4.47. The van der Waals surface area contributed by atoms with Crippen LogP contribution in [0.2, 0.25) is 0 Å². The van der Waals surface area contributed by atoms with Gasteiger partial charge < -0.3 is 14.7 Å². The van der Waals surface area contributed by atoms with Gasteiger partial charge in [-0.05, 0) is 43.9 Å². The molecule has 0 bridgehead atoms. The Morgan fingerprint density at radius 2 is 1.97 bits per heavy atom. The first-order valence-electron chi connectivity index (χ1n) is 10.7. The highest BCUT2D eigenvalue weighted by molar-refractivity contribution is 5.87. The van der Waals surface area contributed by atoms with Crippen LogP contribution in [-0.2, 0) is 14.3 Å². The average molecular weight is 404 g/mol. The number of esters is 1. The summed E-state index contributed by atoms with van der Waals surface area (Å²) in [4.78, 5) is 23.9. The van der Waals surface area contributed by atoms with E-state index in [0.29, 0.717) is 25.2 Å². The van der Waals surface area contributed by atoms with E-state index in [9.17, 15) is 14.7 Å². The molecule has 0 aliphatic carbocycles. The lowest BCUT2D eigenvalue weighted by molar-refractivity contribution is -0.140. The number of aliphatic hydroxyl groups is 1. The number of hydrogen-bond donors (Lipinski definition) is 1. The fourth-order valence-corrected chi connectivity index (χ4v) is 3.15. The lowest BCUT2D eigenvalue weighted by atomic mass is 10.0. The van der Waals surface area contributed by atoms with Crippen molar-refractivity contribution in [1.82, 2.24) is 0 Å². The third kappa shape index (κ3) is 10.3. The van der Waals surface area contributed by atoms with E-state index < -0.39 is 0 Å². The van der Waals surface area contributed by atoms with E-state index >= 15 is 0 Å². The van der Waals surface area contributed by atoms with E-state index in [1.165, 1.54) is 20.0 Å². The van der Waals surface area contributed by atoms with E-state index in [2.05, 4.69) is 16.6 Å². The Morgan fingerprint density at radius 1 is 1.24 bits per heavy atom. The Morgan fingerprint density at radius 3 is 2.52 bits per heavy atom. The molecule has 162 valence electrons. The summed E-state index contributed by atoms with van der Waals surface area (Å²) >= 11 is 0. The van der Waals surface area contributed by atoms with Crippen LogP contribution in [0.3, 0.4) is 0 Å². The molecule has 0 amide bonds. The van der Waals surface area contributed by atoms with E-state index in [1.54, 1.807) is 0 Å². The van der Waals surface area contributed by atoms with E-state index in [0.717, 1.165) is 43.5 Å². The number of carbonyl (C=O) groups is 2. The summed E-state index contributed by atoms with van der Waals surface area (Å²) in [7, 11) is 1.41. The second-order valence-electron chi connectivity index (χ2n) is 7.35. The number of nitrogens with zero attached hydrogens (tertiary/aromatic N) is 1. The zero-order chi connectivity index (χ0) is 21.5. The van der Waals surface area contributed by atoms with Crippen LogP contribution in [-0.4, -0.2) is 37.1 Å². The molecule has 1 heterocycles. The zero-order valence-electron chi connectivity index (χ0n) is 18.2. The number of rotatable bonds is 10. The number of carbonyl (C=O) groups excluding carboxylic acids is 2. The molecule has 1 aromatic rings. The Hall–Kier alpha value is -2.14. The van der Waals surface area contributed by atoms with Gasteiger partial charge in [0.2, 0.25) is 0 Å². The molecule has 0 saturated carbocycles. The molecule has 1 saturated heterocycles. The van der Waals surface area contributed by atoms with Gasteiger partial charge in [0.15, 0.2) is 5.78 Å². The molecule has 5 nitrogen and oxygen atoms in total. The monoisotopic (exact) mass is 403 g/mol. The fraction of sp³-hybridized carbons (Fsp3) is 0.583. The van der Waals surface area contributed by atoms with Gasteiger partial charge in [-0.3, -0.25) is 9.59 Å². The first-order valence-corrected chi connectivity index (χ1v) is 10.7. The summed E-state index contributed by atoms with van der Waals surface area (Å²) in [6.07, 6.45) is 10.9. The molecule has 0 radical (unpaired) electrons. The molecule has 1 aromatic carbocycles. The lowest BCUT2D eigenvalue weighted by Crippen LogP contribution is -2.19. The minimum absolute atomic E-state index is 0.121. The standard InChI is InChI=1S/C16H23NO2.C8H14O2/c1-2-3-4-5-16(19)13-6-8-14(9-7-13)17-11-10-15(18)12-17;1-3-4-5-6-7-8(9)10-2/h6-9,16,19H,2-5,10-12H2,1H3;3-4H,5-7H2,1-2H3/b;4-3-. The maximum atomic E-state index is 11.3. The van der Waals surface area contributed by atoms with Gasteiger partial charge in [-0.2, -0.15) is 0 Å². The number of unbranched alkanes of at least 4 members (excludes halogenated alkanes) is 3. The predicted octanol–water partition coefficient (Wildman–Crippen LogP) is 4.99. The van der Waals surface area contributed by atoms with Crippen LogP contribution in [0, 0.1) is 0 Å². The van der Waals surface area contributed by atoms with Gasteiger partial charge in [-0.25, -0.2) is 0 Å². The van der Waals surface area contributed by atoms with Crippen LogP contribution in [0.25, 0.3) is 0 Å². The normalized spacial score (nSPS) is 14.6. The molecule has 1 fully saturated rings.